The number of hydrogen-bond donors (Lipinski definition) is 2. The number of nitrogens with one attached hydrogen (secondary N) is 1. The number of carbonyl (C=O) groups excluding carboxylic acids is 1. The zero-order valence-corrected chi connectivity index (χ0v) is 17.9. The van der Waals surface area contributed by atoms with E-state index in [1.165, 1.54) is 0 Å². The Morgan fingerprint density at radius 2 is 1.93 bits per heavy atom. The third kappa shape index (κ3) is 3.96. The lowest BCUT2D eigenvalue weighted by molar-refractivity contribution is 0.0992. The van der Waals surface area contributed by atoms with Gasteiger partial charge in [0.1, 0.15) is 11.5 Å². The third-order valence-corrected chi connectivity index (χ3v) is 5.22. The first-order valence-corrected chi connectivity index (χ1v) is 9.97. The zero-order valence-electron chi connectivity index (χ0n) is 15.8. The van der Waals surface area contributed by atoms with Gasteiger partial charge in [-0.2, -0.15) is 0 Å². The Hall–Kier alpha value is -3.47. The van der Waals surface area contributed by atoms with Crippen LogP contribution in [0.1, 0.15) is 10.4 Å². The van der Waals surface area contributed by atoms with Crippen molar-refractivity contribution < 1.29 is 14.7 Å². The van der Waals surface area contributed by atoms with Crippen molar-refractivity contribution in [2.45, 2.75) is 0 Å². The van der Waals surface area contributed by atoms with E-state index in [0.717, 1.165) is 20.5 Å². The van der Waals surface area contributed by atoms with Gasteiger partial charge in [0.05, 0.1) is 17.5 Å². The highest BCUT2D eigenvalue weighted by Crippen LogP contribution is 2.23. The van der Waals surface area contributed by atoms with Crippen molar-refractivity contribution in [3.63, 3.8) is 0 Å². The number of rotatable bonds is 4. The molecule has 0 aliphatic rings. The van der Waals surface area contributed by atoms with E-state index < -0.39 is 6.09 Å². The summed E-state index contributed by atoms with van der Waals surface area (Å²) in [4.78, 5) is 33.9. The van der Waals surface area contributed by atoms with Crippen LogP contribution in [0.25, 0.3) is 16.9 Å². The van der Waals surface area contributed by atoms with Gasteiger partial charge in [-0.1, -0.05) is 6.07 Å². The number of hydrogen-bond acceptors (Lipinski definition) is 4. The zero-order chi connectivity index (χ0) is 21.3. The molecule has 0 bridgehead atoms. The highest BCUT2D eigenvalue weighted by molar-refractivity contribution is 14.1. The molecule has 0 aliphatic heterocycles. The first-order valence-electron chi connectivity index (χ1n) is 8.89. The fourth-order valence-corrected chi connectivity index (χ4v) is 3.57. The Bertz CT molecular complexity index is 1250. The van der Waals surface area contributed by atoms with Gasteiger partial charge in [-0.15, -0.1) is 0 Å². The largest absolute Gasteiger partial charge is 0.465 e. The molecule has 0 saturated heterocycles. The molecule has 0 unspecified atom stereocenters. The van der Waals surface area contributed by atoms with E-state index >= 15 is 0 Å². The summed E-state index contributed by atoms with van der Waals surface area (Å²) >= 11 is 2.21. The number of aromatic nitrogens is 3. The first kappa shape index (κ1) is 19.8. The minimum atomic E-state index is -1.18. The lowest BCUT2D eigenvalue weighted by Crippen LogP contribution is -2.26. The van der Waals surface area contributed by atoms with Gasteiger partial charge in [-0.05, 0) is 65.1 Å². The van der Waals surface area contributed by atoms with Crippen LogP contribution in [0.3, 0.4) is 0 Å². The second-order valence-electron chi connectivity index (χ2n) is 6.50. The van der Waals surface area contributed by atoms with Gasteiger partial charge in [-0.3, -0.25) is 14.5 Å². The molecular formula is C21H16IN5O3. The Morgan fingerprint density at radius 3 is 2.63 bits per heavy atom. The molecule has 2 N–H and O–H groups in total. The molecule has 3 aromatic heterocycles. The molecule has 0 aliphatic carbocycles. The number of nitrogens with zero attached hydrogens (tertiary/aromatic N) is 4. The van der Waals surface area contributed by atoms with Crippen LogP contribution in [0.15, 0.2) is 67.1 Å². The van der Waals surface area contributed by atoms with E-state index in [1.54, 1.807) is 54.8 Å². The first-order chi connectivity index (χ1) is 14.4. The topological polar surface area (TPSA) is 99.8 Å². The van der Waals surface area contributed by atoms with E-state index in [0.29, 0.717) is 11.2 Å². The summed E-state index contributed by atoms with van der Waals surface area (Å²) in [5, 5.41) is 11.0. The number of benzene rings is 1. The molecule has 0 radical (unpaired) electrons. The van der Waals surface area contributed by atoms with Crippen molar-refractivity contribution in [1.29, 1.82) is 0 Å². The van der Waals surface area contributed by atoms with E-state index in [9.17, 15) is 9.59 Å². The quantitative estimate of drug-likeness (QED) is 0.395. The fraction of sp³-hybridized carbons (Fsp3) is 0.0476. The van der Waals surface area contributed by atoms with Crippen LogP contribution in [0.5, 0.6) is 0 Å². The van der Waals surface area contributed by atoms with Crippen LogP contribution in [-0.4, -0.2) is 38.5 Å². The van der Waals surface area contributed by atoms with E-state index in [-0.39, 0.29) is 11.7 Å². The number of imidazole rings is 1. The van der Waals surface area contributed by atoms with Crippen molar-refractivity contribution >= 4 is 51.7 Å². The maximum Gasteiger partial charge on any atom is 0.410 e. The van der Waals surface area contributed by atoms with Gasteiger partial charge in [0.15, 0.2) is 0 Å². The monoisotopic (exact) mass is 513 g/mol. The smallest absolute Gasteiger partial charge is 0.410 e. The standard InChI is InChI=1S/C21H16IN5O3/c1-26(16-4-2-3-15(22)9-16)20(28)14-6-8-19-24-11-17(27(19)12-14)13-5-7-18(23-10-13)25-21(29)30/h2-12H,1H3,(H,23,25)(H,29,30). The molecule has 150 valence electrons. The number of pyridine rings is 2. The van der Waals surface area contributed by atoms with Gasteiger partial charge >= 0.3 is 6.09 Å². The molecule has 0 spiro atoms. The van der Waals surface area contributed by atoms with E-state index in [1.807, 2.05) is 28.7 Å². The molecule has 0 atom stereocenters. The molecule has 3 heterocycles. The summed E-state index contributed by atoms with van der Waals surface area (Å²) in [7, 11) is 1.74. The maximum absolute atomic E-state index is 13.0. The maximum atomic E-state index is 13.0. The Morgan fingerprint density at radius 1 is 1.10 bits per heavy atom. The van der Waals surface area contributed by atoms with Crippen molar-refractivity contribution in [3.8, 4) is 11.3 Å². The van der Waals surface area contributed by atoms with Crippen molar-refractivity contribution in [3.05, 3.63) is 76.3 Å². The lowest BCUT2D eigenvalue weighted by Gasteiger charge is -2.18. The minimum absolute atomic E-state index is 0.141. The number of halogens is 1. The average Bonchev–Trinajstić information content (AvgIpc) is 3.16. The Labute approximate surface area is 185 Å². The molecule has 0 saturated carbocycles. The average molecular weight is 513 g/mol. The highest BCUT2D eigenvalue weighted by Gasteiger charge is 2.16. The van der Waals surface area contributed by atoms with E-state index in [4.69, 9.17) is 5.11 Å². The van der Waals surface area contributed by atoms with Crippen molar-refractivity contribution in [1.82, 2.24) is 14.4 Å². The molecule has 1 aromatic carbocycles. The fourth-order valence-electron chi connectivity index (χ4n) is 3.05. The van der Waals surface area contributed by atoms with Gasteiger partial charge < -0.3 is 10.0 Å². The summed E-state index contributed by atoms with van der Waals surface area (Å²) in [6.07, 6.45) is 3.81. The summed E-state index contributed by atoms with van der Waals surface area (Å²) in [6, 6.07) is 14.6. The molecule has 30 heavy (non-hydrogen) atoms. The van der Waals surface area contributed by atoms with Crippen molar-refractivity contribution in [2.24, 2.45) is 0 Å². The molecule has 4 rings (SSSR count). The molecule has 2 amide bonds. The van der Waals surface area contributed by atoms with Crippen LogP contribution in [0.2, 0.25) is 0 Å². The van der Waals surface area contributed by atoms with Crippen LogP contribution in [0, 0.1) is 3.57 Å². The van der Waals surface area contributed by atoms with Gasteiger partial charge in [-0.25, -0.2) is 14.8 Å². The molecule has 4 aromatic rings. The van der Waals surface area contributed by atoms with Gasteiger partial charge in [0.2, 0.25) is 0 Å². The number of carbonyl (C=O) groups is 2. The predicted octanol–water partition coefficient (Wildman–Crippen LogP) is 4.37. The van der Waals surface area contributed by atoms with Crippen LogP contribution < -0.4 is 10.2 Å². The SMILES string of the molecule is CN(C(=O)c1ccc2ncc(-c3ccc(NC(=O)O)nc3)n2c1)c1cccc(I)c1. The summed E-state index contributed by atoms with van der Waals surface area (Å²) in [5.74, 6) is 0.0905. The number of anilines is 2. The third-order valence-electron chi connectivity index (χ3n) is 4.55. The van der Waals surface area contributed by atoms with Gasteiger partial charge in [0.25, 0.3) is 5.91 Å². The summed E-state index contributed by atoms with van der Waals surface area (Å²) in [5.41, 5.74) is 3.50. The molecule has 8 nitrogen and oxygen atoms in total. The summed E-state index contributed by atoms with van der Waals surface area (Å²) in [6.45, 7) is 0. The Balaban J connectivity index is 1.67. The number of amides is 2. The van der Waals surface area contributed by atoms with E-state index in [2.05, 4.69) is 37.9 Å². The van der Waals surface area contributed by atoms with Crippen molar-refractivity contribution in [2.75, 3.05) is 17.3 Å². The number of fused-ring (bicyclic) bond motifs is 1. The normalized spacial score (nSPS) is 10.7. The highest BCUT2D eigenvalue weighted by atomic mass is 127. The number of carboxylic acid groups (broad SMARTS) is 1. The summed E-state index contributed by atoms with van der Waals surface area (Å²) < 4.78 is 2.86. The van der Waals surface area contributed by atoms with Crippen LogP contribution in [-0.2, 0) is 0 Å². The van der Waals surface area contributed by atoms with Crippen LogP contribution >= 0.6 is 22.6 Å². The van der Waals surface area contributed by atoms with Gasteiger partial charge in [0, 0.05) is 34.3 Å². The second-order valence-corrected chi connectivity index (χ2v) is 7.74. The Kier molecular flexibility index (Phi) is 5.36. The molecule has 9 heteroatoms. The second kappa shape index (κ2) is 8.11. The van der Waals surface area contributed by atoms with Crippen LogP contribution in [0.4, 0.5) is 16.3 Å². The molecule has 0 fully saturated rings. The lowest BCUT2D eigenvalue weighted by atomic mass is 10.2. The molecular weight excluding hydrogens is 497 g/mol. The minimum Gasteiger partial charge on any atom is -0.465 e. The predicted molar refractivity (Wildman–Crippen MR) is 122 cm³/mol.